The Morgan fingerprint density at radius 1 is 1.33 bits per heavy atom. The van der Waals surface area contributed by atoms with E-state index in [2.05, 4.69) is 23.7 Å². The van der Waals surface area contributed by atoms with Gasteiger partial charge in [-0.1, -0.05) is 6.92 Å². The summed E-state index contributed by atoms with van der Waals surface area (Å²) in [5, 5.41) is 0. The summed E-state index contributed by atoms with van der Waals surface area (Å²) in [6, 6.07) is 0. The van der Waals surface area contributed by atoms with Crippen LogP contribution >= 0.6 is 12.4 Å². The third kappa shape index (κ3) is 3.17. The van der Waals surface area contributed by atoms with Gasteiger partial charge >= 0.3 is 0 Å². The number of aryl methyl sites for hydroxylation is 2. The Bertz CT molecular complexity index is 507. The lowest BCUT2D eigenvalue weighted by Gasteiger charge is -2.31. The summed E-state index contributed by atoms with van der Waals surface area (Å²) in [5.41, 5.74) is 4.59. The Morgan fingerprint density at radius 3 is 2.71 bits per heavy atom. The van der Waals surface area contributed by atoms with E-state index < -0.39 is 0 Å². The van der Waals surface area contributed by atoms with E-state index in [0.29, 0.717) is 5.78 Å². The molecule has 2 heterocycles. The third-order valence-electron chi connectivity index (χ3n) is 4.69. The van der Waals surface area contributed by atoms with Crippen molar-refractivity contribution in [1.29, 1.82) is 0 Å². The summed E-state index contributed by atoms with van der Waals surface area (Å²) in [6.07, 6.45) is 2.93. The number of carbonyl (C=O) groups excluding carboxylic acids is 1. The lowest BCUT2D eigenvalue weighted by molar-refractivity contribution is 0.0291. The van der Waals surface area contributed by atoms with E-state index in [1.807, 2.05) is 0 Å². The van der Waals surface area contributed by atoms with Crippen molar-refractivity contribution in [2.45, 2.75) is 33.1 Å². The van der Waals surface area contributed by atoms with Crippen LogP contribution in [0.1, 0.15) is 40.7 Å². The predicted octanol–water partition coefficient (Wildman–Crippen LogP) is 2.38. The Morgan fingerprint density at radius 2 is 2.05 bits per heavy atom. The molecular weight excluding hydrogens is 288 g/mol. The standard InChI is InChI=1S/C16H24N2O2.ClH/c1-3-13-11(2)17-14-5-4-12(16(19)15(13)14)10-18-6-8-20-9-7-18;/h12,17H,3-10H2,1-2H3;1H/t12-;/m1./s1. The van der Waals surface area contributed by atoms with Gasteiger partial charge in [-0.2, -0.15) is 0 Å². The van der Waals surface area contributed by atoms with Crippen molar-refractivity contribution in [3.05, 3.63) is 22.5 Å². The van der Waals surface area contributed by atoms with Gasteiger partial charge in [0.05, 0.1) is 13.2 Å². The number of ketones is 1. The van der Waals surface area contributed by atoms with E-state index in [1.54, 1.807) is 0 Å². The number of aromatic nitrogens is 1. The van der Waals surface area contributed by atoms with Crippen molar-refractivity contribution in [2.75, 3.05) is 32.8 Å². The molecule has 1 aromatic heterocycles. The minimum absolute atomic E-state index is 0. The van der Waals surface area contributed by atoms with Gasteiger partial charge in [-0.25, -0.2) is 0 Å². The van der Waals surface area contributed by atoms with Crippen LogP contribution in [0.4, 0.5) is 0 Å². The number of fused-ring (bicyclic) bond motifs is 1. The molecule has 1 aliphatic carbocycles. The summed E-state index contributed by atoms with van der Waals surface area (Å²) < 4.78 is 5.38. The number of morpholine rings is 1. The van der Waals surface area contributed by atoms with Crippen LogP contribution in [0.15, 0.2) is 0 Å². The van der Waals surface area contributed by atoms with Gasteiger partial charge in [0.2, 0.25) is 0 Å². The average Bonchev–Trinajstić information content (AvgIpc) is 2.79. The molecule has 1 fully saturated rings. The zero-order valence-electron chi connectivity index (χ0n) is 12.9. The quantitative estimate of drug-likeness (QED) is 0.932. The van der Waals surface area contributed by atoms with Crippen LogP contribution in [-0.4, -0.2) is 48.5 Å². The highest BCUT2D eigenvalue weighted by Gasteiger charge is 2.32. The van der Waals surface area contributed by atoms with Crippen LogP contribution in [0, 0.1) is 12.8 Å². The summed E-state index contributed by atoms with van der Waals surface area (Å²) in [7, 11) is 0. The summed E-state index contributed by atoms with van der Waals surface area (Å²) >= 11 is 0. The number of hydrogen-bond acceptors (Lipinski definition) is 3. The number of H-pyrrole nitrogens is 1. The molecule has 0 unspecified atom stereocenters. The van der Waals surface area contributed by atoms with E-state index in [4.69, 9.17) is 4.74 Å². The molecule has 5 heteroatoms. The third-order valence-corrected chi connectivity index (χ3v) is 4.69. The Balaban J connectivity index is 0.00000161. The Hall–Kier alpha value is -0.840. The van der Waals surface area contributed by atoms with Gasteiger partial charge < -0.3 is 9.72 Å². The second-order valence-corrected chi connectivity index (χ2v) is 5.95. The van der Waals surface area contributed by atoms with Crippen LogP contribution in [-0.2, 0) is 17.6 Å². The molecule has 0 saturated carbocycles. The maximum Gasteiger partial charge on any atom is 0.169 e. The second-order valence-electron chi connectivity index (χ2n) is 5.95. The zero-order chi connectivity index (χ0) is 14.1. The minimum atomic E-state index is 0. The van der Waals surface area contributed by atoms with Gasteiger partial charge in [0.25, 0.3) is 0 Å². The summed E-state index contributed by atoms with van der Waals surface area (Å²) in [6.45, 7) is 8.64. The Kier molecular flexibility index (Phi) is 5.47. The summed E-state index contributed by atoms with van der Waals surface area (Å²) in [5.74, 6) is 0.528. The molecule has 118 valence electrons. The van der Waals surface area contributed by atoms with E-state index >= 15 is 0 Å². The maximum absolute atomic E-state index is 12.8. The number of carbonyl (C=O) groups is 1. The Labute approximate surface area is 132 Å². The summed E-state index contributed by atoms with van der Waals surface area (Å²) in [4.78, 5) is 18.6. The van der Waals surface area contributed by atoms with E-state index in [-0.39, 0.29) is 18.3 Å². The molecule has 1 atom stereocenters. The highest BCUT2D eigenvalue weighted by molar-refractivity contribution is 6.01. The molecule has 4 nitrogen and oxygen atoms in total. The van der Waals surface area contributed by atoms with E-state index in [0.717, 1.165) is 57.7 Å². The first-order valence-electron chi connectivity index (χ1n) is 7.75. The van der Waals surface area contributed by atoms with Crippen molar-refractivity contribution < 1.29 is 9.53 Å². The fourth-order valence-electron chi connectivity index (χ4n) is 3.58. The van der Waals surface area contributed by atoms with Crippen LogP contribution < -0.4 is 0 Å². The van der Waals surface area contributed by atoms with Crippen LogP contribution in [0.5, 0.6) is 0 Å². The van der Waals surface area contributed by atoms with Gasteiger partial charge in [0.1, 0.15) is 0 Å². The van der Waals surface area contributed by atoms with E-state index in [1.165, 1.54) is 17.0 Å². The number of nitrogens with one attached hydrogen (secondary N) is 1. The molecule has 2 aliphatic rings. The van der Waals surface area contributed by atoms with Crippen molar-refractivity contribution >= 4 is 18.2 Å². The smallest absolute Gasteiger partial charge is 0.169 e. The lowest BCUT2D eigenvalue weighted by Crippen LogP contribution is -2.42. The van der Waals surface area contributed by atoms with Crippen molar-refractivity contribution in [1.82, 2.24) is 9.88 Å². The number of ether oxygens (including phenoxy) is 1. The highest BCUT2D eigenvalue weighted by atomic mass is 35.5. The van der Waals surface area contributed by atoms with Crippen molar-refractivity contribution in [2.24, 2.45) is 5.92 Å². The molecule has 21 heavy (non-hydrogen) atoms. The van der Waals surface area contributed by atoms with E-state index in [9.17, 15) is 4.79 Å². The normalized spacial score (nSPS) is 22.8. The van der Waals surface area contributed by atoms with Gasteiger partial charge in [0.15, 0.2) is 5.78 Å². The molecular formula is C16H25ClN2O2. The van der Waals surface area contributed by atoms with Crippen LogP contribution in [0.3, 0.4) is 0 Å². The molecule has 1 saturated heterocycles. The molecule has 0 amide bonds. The predicted molar refractivity (Wildman–Crippen MR) is 85.6 cm³/mol. The highest BCUT2D eigenvalue weighted by Crippen LogP contribution is 2.30. The number of rotatable bonds is 3. The molecule has 0 radical (unpaired) electrons. The molecule has 3 rings (SSSR count). The largest absolute Gasteiger partial charge is 0.379 e. The fourth-order valence-corrected chi connectivity index (χ4v) is 3.58. The van der Waals surface area contributed by atoms with Gasteiger partial charge in [-0.05, 0) is 31.7 Å². The monoisotopic (exact) mass is 312 g/mol. The van der Waals surface area contributed by atoms with Gasteiger partial charge in [0, 0.05) is 42.5 Å². The molecule has 0 bridgehead atoms. The molecule has 1 N–H and O–H groups in total. The zero-order valence-corrected chi connectivity index (χ0v) is 13.7. The van der Waals surface area contributed by atoms with Crippen LogP contribution in [0.25, 0.3) is 0 Å². The first-order chi connectivity index (χ1) is 9.70. The number of Topliss-reactive ketones (excluding diaryl/α,β-unsaturated/α-hetero) is 1. The SMILES string of the molecule is CCc1c(C)[nH]c2c1C(=O)[C@@H](CN1CCOCC1)CC2.Cl. The van der Waals surface area contributed by atoms with Crippen molar-refractivity contribution in [3.63, 3.8) is 0 Å². The minimum Gasteiger partial charge on any atom is -0.379 e. The molecule has 0 aromatic carbocycles. The lowest BCUT2D eigenvalue weighted by atomic mass is 9.83. The average molecular weight is 313 g/mol. The van der Waals surface area contributed by atoms with Crippen molar-refractivity contribution in [3.8, 4) is 0 Å². The first-order valence-corrected chi connectivity index (χ1v) is 7.75. The number of nitrogens with zero attached hydrogens (tertiary/aromatic N) is 1. The second kappa shape index (κ2) is 6.95. The first kappa shape index (κ1) is 16.5. The maximum atomic E-state index is 12.8. The number of halogens is 1. The molecule has 1 aliphatic heterocycles. The van der Waals surface area contributed by atoms with Gasteiger partial charge in [-0.3, -0.25) is 9.69 Å². The number of hydrogen-bond donors (Lipinski definition) is 1. The van der Waals surface area contributed by atoms with Gasteiger partial charge in [-0.15, -0.1) is 12.4 Å². The molecule has 0 spiro atoms. The molecule has 1 aromatic rings. The topological polar surface area (TPSA) is 45.3 Å². The van der Waals surface area contributed by atoms with Crippen LogP contribution in [0.2, 0.25) is 0 Å². The number of aromatic amines is 1. The fraction of sp³-hybridized carbons (Fsp3) is 0.688.